The molecule has 3 aliphatic rings. The van der Waals surface area contributed by atoms with Crippen molar-refractivity contribution in [2.24, 2.45) is 0 Å². The minimum absolute atomic E-state index is 0.0221. The smallest absolute Gasteiger partial charge is 0.254 e. The standard InChI is InChI=1S/C25H24N2O4S/c28-25(18-2-4-22-23(12-18)31-16-30-22)27-8-9-29-21-3-1-17(11-20(21)15-27)13-26-7-5-24-19(14-26)6-10-32-24/h1-4,6,10-12H,5,7-9,13-16H2. The fraction of sp³-hybridized carbons (Fsp3) is 0.320. The summed E-state index contributed by atoms with van der Waals surface area (Å²) < 4.78 is 16.8. The van der Waals surface area contributed by atoms with Gasteiger partial charge in [-0.3, -0.25) is 9.69 Å². The summed E-state index contributed by atoms with van der Waals surface area (Å²) in [6.45, 7) is 4.74. The molecule has 7 heteroatoms. The Balaban J connectivity index is 1.19. The second-order valence-corrected chi connectivity index (χ2v) is 9.42. The summed E-state index contributed by atoms with van der Waals surface area (Å²) in [5.41, 5.74) is 4.37. The quantitative estimate of drug-likeness (QED) is 0.605. The molecule has 1 amide bonds. The maximum atomic E-state index is 13.2. The monoisotopic (exact) mass is 448 g/mol. The van der Waals surface area contributed by atoms with Crippen molar-refractivity contribution in [2.75, 3.05) is 26.5 Å². The highest BCUT2D eigenvalue weighted by Crippen LogP contribution is 2.33. The Bertz CT molecular complexity index is 1170. The Morgan fingerprint density at radius 2 is 1.81 bits per heavy atom. The van der Waals surface area contributed by atoms with E-state index in [4.69, 9.17) is 14.2 Å². The van der Waals surface area contributed by atoms with Crippen LogP contribution >= 0.6 is 11.3 Å². The topological polar surface area (TPSA) is 51.2 Å². The van der Waals surface area contributed by atoms with Crippen molar-refractivity contribution in [1.82, 2.24) is 9.80 Å². The van der Waals surface area contributed by atoms with E-state index in [0.717, 1.165) is 37.4 Å². The summed E-state index contributed by atoms with van der Waals surface area (Å²) in [5, 5.41) is 2.19. The molecule has 0 N–H and O–H groups in total. The molecule has 0 unspecified atom stereocenters. The summed E-state index contributed by atoms with van der Waals surface area (Å²) in [5.74, 6) is 2.16. The first-order valence-electron chi connectivity index (χ1n) is 10.9. The normalized spacial score (nSPS) is 17.3. The van der Waals surface area contributed by atoms with Gasteiger partial charge in [0, 0.05) is 42.2 Å². The van der Waals surface area contributed by atoms with Gasteiger partial charge in [-0.2, -0.15) is 0 Å². The number of carbonyl (C=O) groups excluding carboxylic acids is 1. The van der Waals surface area contributed by atoms with E-state index < -0.39 is 0 Å². The third-order valence-corrected chi connectivity index (χ3v) is 7.33. The molecule has 4 heterocycles. The highest BCUT2D eigenvalue weighted by molar-refractivity contribution is 7.10. The molecule has 164 valence electrons. The largest absolute Gasteiger partial charge is 0.491 e. The van der Waals surface area contributed by atoms with Gasteiger partial charge in [-0.05, 0) is 59.3 Å². The number of hydrogen-bond acceptors (Lipinski definition) is 6. The zero-order chi connectivity index (χ0) is 21.5. The second kappa shape index (κ2) is 8.15. The van der Waals surface area contributed by atoms with E-state index in [1.807, 2.05) is 16.2 Å². The number of fused-ring (bicyclic) bond motifs is 3. The molecule has 6 rings (SSSR count). The van der Waals surface area contributed by atoms with Crippen molar-refractivity contribution >= 4 is 17.2 Å². The zero-order valence-electron chi connectivity index (χ0n) is 17.7. The Kier molecular flexibility index (Phi) is 5.00. The molecule has 0 bridgehead atoms. The molecule has 1 aromatic heterocycles. The van der Waals surface area contributed by atoms with Crippen molar-refractivity contribution in [3.8, 4) is 17.2 Å². The van der Waals surface area contributed by atoms with E-state index in [1.54, 1.807) is 18.2 Å². The number of amides is 1. The fourth-order valence-corrected chi connectivity index (χ4v) is 5.52. The first-order chi connectivity index (χ1) is 15.7. The number of rotatable bonds is 3. The SMILES string of the molecule is O=C(c1ccc2c(c1)OCO2)N1CCOc2ccc(CN3CCc4sccc4C3)cc2C1. The maximum Gasteiger partial charge on any atom is 0.254 e. The van der Waals surface area contributed by atoms with Gasteiger partial charge >= 0.3 is 0 Å². The molecule has 6 nitrogen and oxygen atoms in total. The van der Waals surface area contributed by atoms with Crippen molar-refractivity contribution in [2.45, 2.75) is 26.1 Å². The van der Waals surface area contributed by atoms with Gasteiger partial charge in [0.1, 0.15) is 12.4 Å². The van der Waals surface area contributed by atoms with E-state index in [0.29, 0.717) is 36.8 Å². The van der Waals surface area contributed by atoms with E-state index in [1.165, 1.54) is 16.0 Å². The molecule has 2 aromatic carbocycles. The summed E-state index contributed by atoms with van der Waals surface area (Å²) in [7, 11) is 0. The van der Waals surface area contributed by atoms with Crippen LogP contribution in [0.15, 0.2) is 47.8 Å². The Hall–Kier alpha value is -3.03. The number of benzene rings is 2. The molecule has 0 radical (unpaired) electrons. The van der Waals surface area contributed by atoms with E-state index in [9.17, 15) is 4.79 Å². The predicted molar refractivity (Wildman–Crippen MR) is 121 cm³/mol. The second-order valence-electron chi connectivity index (χ2n) is 8.41. The molecule has 0 spiro atoms. The number of nitrogens with zero attached hydrogens (tertiary/aromatic N) is 2. The van der Waals surface area contributed by atoms with Crippen LogP contribution in [0.3, 0.4) is 0 Å². The molecular weight excluding hydrogens is 424 g/mol. The van der Waals surface area contributed by atoms with E-state index in [2.05, 4.69) is 34.5 Å². The average molecular weight is 449 g/mol. The lowest BCUT2D eigenvalue weighted by Crippen LogP contribution is -2.32. The Labute approximate surface area is 190 Å². The highest BCUT2D eigenvalue weighted by Gasteiger charge is 2.24. The fourth-order valence-electron chi connectivity index (χ4n) is 4.63. The Morgan fingerprint density at radius 1 is 0.906 bits per heavy atom. The number of carbonyl (C=O) groups is 1. The number of ether oxygens (including phenoxy) is 3. The van der Waals surface area contributed by atoms with Crippen LogP contribution in [-0.4, -0.2) is 42.2 Å². The third kappa shape index (κ3) is 3.72. The Morgan fingerprint density at radius 3 is 2.78 bits per heavy atom. The van der Waals surface area contributed by atoms with Gasteiger partial charge in [-0.15, -0.1) is 11.3 Å². The molecule has 0 atom stereocenters. The maximum absolute atomic E-state index is 13.2. The minimum Gasteiger partial charge on any atom is -0.491 e. The first-order valence-corrected chi connectivity index (χ1v) is 11.8. The van der Waals surface area contributed by atoms with Crippen LogP contribution < -0.4 is 14.2 Å². The van der Waals surface area contributed by atoms with Crippen LogP contribution in [-0.2, 0) is 26.1 Å². The van der Waals surface area contributed by atoms with Crippen LogP contribution in [0.4, 0.5) is 0 Å². The number of hydrogen-bond donors (Lipinski definition) is 0. The van der Waals surface area contributed by atoms with Crippen molar-refractivity contribution < 1.29 is 19.0 Å². The van der Waals surface area contributed by atoms with Crippen molar-refractivity contribution in [3.05, 3.63) is 75.0 Å². The van der Waals surface area contributed by atoms with Crippen LogP contribution in [0.5, 0.6) is 17.2 Å². The molecular formula is C25H24N2O4S. The van der Waals surface area contributed by atoms with Gasteiger partial charge in [0.05, 0.1) is 6.54 Å². The molecule has 0 saturated carbocycles. The lowest BCUT2D eigenvalue weighted by molar-refractivity contribution is 0.0733. The van der Waals surface area contributed by atoms with Gasteiger partial charge < -0.3 is 19.1 Å². The summed E-state index contributed by atoms with van der Waals surface area (Å²) in [6.07, 6.45) is 1.12. The lowest BCUT2D eigenvalue weighted by atomic mass is 10.1. The summed E-state index contributed by atoms with van der Waals surface area (Å²) >= 11 is 1.87. The number of thiophene rings is 1. The van der Waals surface area contributed by atoms with Gasteiger partial charge in [-0.25, -0.2) is 0 Å². The summed E-state index contributed by atoms with van der Waals surface area (Å²) in [4.78, 5) is 19.1. The third-order valence-electron chi connectivity index (χ3n) is 6.30. The van der Waals surface area contributed by atoms with Crippen molar-refractivity contribution in [3.63, 3.8) is 0 Å². The predicted octanol–water partition coefficient (Wildman–Crippen LogP) is 4.07. The van der Waals surface area contributed by atoms with Crippen LogP contribution in [0.2, 0.25) is 0 Å². The molecule has 0 saturated heterocycles. The van der Waals surface area contributed by atoms with E-state index in [-0.39, 0.29) is 12.7 Å². The van der Waals surface area contributed by atoms with Crippen LogP contribution in [0.1, 0.15) is 31.9 Å². The molecule has 0 aliphatic carbocycles. The van der Waals surface area contributed by atoms with Crippen LogP contribution in [0.25, 0.3) is 0 Å². The molecule has 3 aliphatic heterocycles. The van der Waals surface area contributed by atoms with Gasteiger partial charge in [0.2, 0.25) is 6.79 Å². The van der Waals surface area contributed by atoms with Crippen molar-refractivity contribution in [1.29, 1.82) is 0 Å². The highest BCUT2D eigenvalue weighted by atomic mass is 32.1. The zero-order valence-corrected chi connectivity index (χ0v) is 18.5. The van der Waals surface area contributed by atoms with Crippen LogP contribution in [0, 0.1) is 0 Å². The average Bonchev–Trinajstić information content (AvgIpc) is 3.42. The van der Waals surface area contributed by atoms with E-state index >= 15 is 0 Å². The lowest BCUT2D eigenvalue weighted by Gasteiger charge is -2.27. The van der Waals surface area contributed by atoms with Gasteiger partial charge in [0.25, 0.3) is 5.91 Å². The molecule has 3 aromatic rings. The summed E-state index contributed by atoms with van der Waals surface area (Å²) in [6, 6.07) is 14.0. The molecule has 0 fully saturated rings. The van der Waals surface area contributed by atoms with Gasteiger partial charge in [0.15, 0.2) is 11.5 Å². The first kappa shape index (κ1) is 19.6. The minimum atomic E-state index is -0.0221. The molecule has 32 heavy (non-hydrogen) atoms. The van der Waals surface area contributed by atoms with Gasteiger partial charge in [-0.1, -0.05) is 6.07 Å².